The smallest absolute Gasteiger partial charge is 0.270 e. The van der Waals surface area contributed by atoms with E-state index in [1.807, 2.05) is 38.1 Å². The zero-order chi connectivity index (χ0) is 25.9. The normalized spacial score (nSPS) is 18.2. The maximum Gasteiger partial charge on any atom is 0.270 e. The van der Waals surface area contributed by atoms with Gasteiger partial charge in [-0.1, -0.05) is 32.0 Å². The molecule has 0 radical (unpaired) electrons. The molecule has 12 heteroatoms. The number of thiophene rings is 1. The molecule has 0 spiro atoms. The second-order valence-corrected chi connectivity index (χ2v) is 13.2. The molecule has 1 aliphatic rings. The predicted octanol–water partition coefficient (Wildman–Crippen LogP) is 3.04. The van der Waals surface area contributed by atoms with Crippen LogP contribution in [0.5, 0.6) is 0 Å². The summed E-state index contributed by atoms with van der Waals surface area (Å²) in [6.07, 6.45) is 2.52. The van der Waals surface area contributed by atoms with Crippen molar-refractivity contribution in [2.45, 2.75) is 49.5 Å². The van der Waals surface area contributed by atoms with Gasteiger partial charge in [0.05, 0.1) is 17.5 Å². The van der Waals surface area contributed by atoms with Crippen molar-refractivity contribution in [1.82, 2.24) is 19.9 Å². The summed E-state index contributed by atoms with van der Waals surface area (Å²) in [5, 5.41) is 8.13. The number of benzene rings is 1. The summed E-state index contributed by atoms with van der Waals surface area (Å²) >= 11 is 2.35. The van der Waals surface area contributed by atoms with Crippen LogP contribution in [0.1, 0.15) is 42.8 Å². The van der Waals surface area contributed by atoms with E-state index in [2.05, 4.69) is 15.6 Å². The highest BCUT2D eigenvalue weighted by Crippen LogP contribution is 2.25. The molecule has 2 amide bonds. The molecule has 0 bridgehead atoms. The fourth-order valence-electron chi connectivity index (χ4n) is 4.10. The van der Waals surface area contributed by atoms with Gasteiger partial charge in [-0.15, -0.1) is 22.7 Å². The first-order valence-electron chi connectivity index (χ1n) is 11.7. The molecule has 1 aliphatic heterocycles. The number of rotatable bonds is 8. The zero-order valence-electron chi connectivity index (χ0n) is 20.0. The number of fused-ring (bicyclic) bond motifs is 1. The first kappa shape index (κ1) is 26.4. The Morgan fingerprint density at radius 1 is 1.25 bits per heavy atom. The fraction of sp³-hybridized carbons (Fsp3) is 0.417. The first-order valence-corrected chi connectivity index (χ1v) is 14.8. The van der Waals surface area contributed by atoms with Gasteiger partial charge in [-0.2, -0.15) is 4.31 Å². The summed E-state index contributed by atoms with van der Waals surface area (Å²) in [7, 11) is -3.87. The van der Waals surface area contributed by atoms with Crippen LogP contribution in [0.4, 0.5) is 0 Å². The van der Waals surface area contributed by atoms with Gasteiger partial charge < -0.3 is 10.6 Å². The lowest BCUT2D eigenvalue weighted by molar-refractivity contribution is -0.129. The minimum atomic E-state index is -3.87. The SMILES string of the molecule is CC(C)CC(NC(=O)c1cc2ccccc2s1)C(=O)N[C@H]1CCCN(S(=O)(=O)c2nccs2)CC1=O. The Labute approximate surface area is 218 Å². The number of carbonyl (C=O) groups excluding carboxylic acids is 3. The van der Waals surface area contributed by atoms with Crippen molar-refractivity contribution in [1.29, 1.82) is 0 Å². The minimum Gasteiger partial charge on any atom is -0.344 e. The molecule has 3 heterocycles. The first-order chi connectivity index (χ1) is 17.1. The summed E-state index contributed by atoms with van der Waals surface area (Å²) in [5.41, 5.74) is 0. The average Bonchev–Trinajstić information content (AvgIpc) is 3.49. The molecule has 1 fully saturated rings. The number of Topliss-reactive ketones (excluding diaryl/α,β-unsaturated/α-hetero) is 1. The van der Waals surface area contributed by atoms with Crippen LogP contribution in [0.3, 0.4) is 0 Å². The van der Waals surface area contributed by atoms with Crippen LogP contribution in [0.15, 0.2) is 46.2 Å². The van der Waals surface area contributed by atoms with Crippen LogP contribution in [0.2, 0.25) is 0 Å². The average molecular weight is 549 g/mol. The molecule has 1 unspecified atom stereocenters. The van der Waals surface area contributed by atoms with E-state index in [1.165, 1.54) is 17.5 Å². The van der Waals surface area contributed by atoms with Gasteiger partial charge in [0.1, 0.15) is 6.04 Å². The van der Waals surface area contributed by atoms with Crippen molar-refractivity contribution < 1.29 is 22.8 Å². The van der Waals surface area contributed by atoms with Crippen molar-refractivity contribution in [3.63, 3.8) is 0 Å². The number of hydrogen-bond donors (Lipinski definition) is 2. The molecule has 2 atom stereocenters. The number of nitrogens with one attached hydrogen (secondary N) is 2. The Bertz CT molecular complexity index is 1320. The quantitative estimate of drug-likeness (QED) is 0.446. The molecular formula is C24H28N4O5S3. The number of thiazole rings is 1. The molecule has 9 nitrogen and oxygen atoms in total. The maximum atomic E-state index is 13.2. The van der Waals surface area contributed by atoms with E-state index in [9.17, 15) is 22.8 Å². The monoisotopic (exact) mass is 548 g/mol. The third kappa shape index (κ3) is 6.00. The Balaban J connectivity index is 1.44. The highest BCUT2D eigenvalue weighted by molar-refractivity contribution is 7.91. The van der Waals surface area contributed by atoms with Gasteiger partial charge in [-0.05, 0) is 42.7 Å². The Morgan fingerprint density at radius 3 is 2.72 bits per heavy atom. The number of sulfonamides is 1. The van der Waals surface area contributed by atoms with Gasteiger partial charge in [-0.3, -0.25) is 14.4 Å². The molecule has 2 N–H and O–H groups in total. The molecular weight excluding hydrogens is 520 g/mol. The van der Waals surface area contributed by atoms with Crippen molar-refractivity contribution in [3.05, 3.63) is 46.8 Å². The van der Waals surface area contributed by atoms with Gasteiger partial charge >= 0.3 is 0 Å². The lowest BCUT2D eigenvalue weighted by atomic mass is 10.0. The summed E-state index contributed by atoms with van der Waals surface area (Å²) in [6, 6.07) is 7.81. The van der Waals surface area contributed by atoms with Crippen molar-refractivity contribution in [3.8, 4) is 0 Å². The highest BCUT2D eigenvalue weighted by Gasteiger charge is 2.35. The van der Waals surface area contributed by atoms with Crippen LogP contribution >= 0.6 is 22.7 Å². The van der Waals surface area contributed by atoms with Gasteiger partial charge in [0.15, 0.2) is 5.78 Å². The molecule has 0 saturated carbocycles. The Hall–Kier alpha value is -2.67. The lowest BCUT2D eigenvalue weighted by Gasteiger charge is -2.23. The molecule has 2 aromatic heterocycles. The van der Waals surface area contributed by atoms with Gasteiger partial charge in [-0.25, -0.2) is 13.4 Å². The number of amides is 2. The highest BCUT2D eigenvalue weighted by atomic mass is 32.2. The van der Waals surface area contributed by atoms with Crippen LogP contribution in [-0.2, 0) is 19.6 Å². The van der Waals surface area contributed by atoms with Crippen LogP contribution in [0, 0.1) is 5.92 Å². The molecule has 36 heavy (non-hydrogen) atoms. The van der Waals surface area contributed by atoms with E-state index in [0.717, 1.165) is 25.7 Å². The van der Waals surface area contributed by atoms with E-state index in [1.54, 1.807) is 11.4 Å². The number of nitrogens with zero attached hydrogens (tertiary/aromatic N) is 2. The van der Waals surface area contributed by atoms with Gasteiger partial charge in [0.25, 0.3) is 15.9 Å². The van der Waals surface area contributed by atoms with Crippen molar-refractivity contribution in [2.75, 3.05) is 13.1 Å². The Kier molecular flexibility index (Phi) is 8.18. The standard InChI is InChI=1S/C24H28N4O5S3/c1-15(2)12-18(27-23(31)21-13-16-6-3-4-8-20(16)35-21)22(30)26-17-7-5-10-28(14-19(17)29)36(32,33)24-25-9-11-34-24/h3-4,6,8-9,11,13,15,17-18H,5,7,10,12,14H2,1-2H3,(H,26,30)(H,27,31)/t17-,18?/m0/s1. The Morgan fingerprint density at radius 2 is 2.03 bits per heavy atom. The van der Waals surface area contributed by atoms with Crippen molar-refractivity contribution >= 4 is 60.4 Å². The summed E-state index contributed by atoms with van der Waals surface area (Å²) < 4.78 is 27.7. The van der Waals surface area contributed by atoms with Crippen LogP contribution in [-0.4, -0.2) is 60.5 Å². The molecule has 1 aromatic carbocycles. The third-order valence-corrected chi connectivity index (χ3v) is 10.0. The van der Waals surface area contributed by atoms with E-state index in [-0.39, 0.29) is 35.0 Å². The van der Waals surface area contributed by atoms with Crippen LogP contribution in [0.25, 0.3) is 10.1 Å². The molecule has 0 aliphatic carbocycles. The van der Waals surface area contributed by atoms with E-state index in [0.29, 0.717) is 24.1 Å². The topological polar surface area (TPSA) is 126 Å². The molecule has 192 valence electrons. The number of ketones is 1. The summed E-state index contributed by atoms with van der Waals surface area (Å²) in [4.78, 5) is 43.5. The van der Waals surface area contributed by atoms with Crippen molar-refractivity contribution in [2.24, 2.45) is 5.92 Å². The second-order valence-electron chi connectivity index (χ2n) is 9.11. The van der Waals surface area contributed by atoms with E-state index < -0.39 is 28.0 Å². The predicted molar refractivity (Wildman–Crippen MR) is 140 cm³/mol. The fourth-order valence-corrected chi connectivity index (χ4v) is 7.48. The molecule has 1 saturated heterocycles. The minimum absolute atomic E-state index is 0.0567. The summed E-state index contributed by atoms with van der Waals surface area (Å²) in [6.45, 7) is 3.72. The van der Waals surface area contributed by atoms with E-state index >= 15 is 0 Å². The maximum absolute atomic E-state index is 13.2. The van der Waals surface area contributed by atoms with E-state index in [4.69, 9.17) is 0 Å². The second kappa shape index (κ2) is 11.2. The lowest BCUT2D eigenvalue weighted by Crippen LogP contribution is -2.52. The molecule has 3 aromatic rings. The van der Waals surface area contributed by atoms with Gasteiger partial charge in [0.2, 0.25) is 10.2 Å². The third-order valence-electron chi connectivity index (χ3n) is 5.89. The van der Waals surface area contributed by atoms with Crippen LogP contribution < -0.4 is 10.6 Å². The molecule has 4 rings (SSSR count). The zero-order valence-corrected chi connectivity index (χ0v) is 22.4. The number of hydrogen-bond acceptors (Lipinski definition) is 8. The number of carbonyl (C=O) groups is 3. The summed E-state index contributed by atoms with van der Waals surface area (Å²) in [5.74, 6) is -1.06. The van der Waals surface area contributed by atoms with Gasteiger partial charge in [0, 0.05) is 22.8 Å². The number of aromatic nitrogens is 1. The largest absolute Gasteiger partial charge is 0.344 e.